The molecule has 0 amide bonds. The van der Waals surface area contributed by atoms with E-state index in [4.69, 9.17) is 69.6 Å². The van der Waals surface area contributed by atoms with Gasteiger partial charge in [0.25, 0.3) is 0 Å². The fraction of sp³-hybridized carbons (Fsp3) is 0.125. The van der Waals surface area contributed by atoms with E-state index in [0.29, 0.717) is 48.1 Å². The van der Waals surface area contributed by atoms with E-state index in [1.165, 1.54) is 0 Å². The summed E-state index contributed by atoms with van der Waals surface area (Å²) in [4.78, 5) is 0. The predicted molar refractivity (Wildman–Crippen MR) is 107 cm³/mol. The average Bonchev–Trinajstić information content (AvgIpc) is 2.88. The summed E-state index contributed by atoms with van der Waals surface area (Å²) in [6.07, 6.45) is 1.74. The third-order valence-corrected chi connectivity index (χ3v) is 5.19. The molecular formula is C16H10Cl6N3+. The zero-order valence-corrected chi connectivity index (χ0v) is 17.0. The number of anilines is 1. The highest BCUT2D eigenvalue weighted by atomic mass is 35.5. The van der Waals surface area contributed by atoms with E-state index >= 15 is 0 Å². The summed E-state index contributed by atoms with van der Waals surface area (Å²) in [5.41, 5.74) is 1.07. The van der Waals surface area contributed by atoms with Crippen molar-refractivity contribution >= 4 is 81.0 Å². The summed E-state index contributed by atoms with van der Waals surface area (Å²) in [6.45, 7) is 4.31. The van der Waals surface area contributed by atoms with Crippen molar-refractivity contribution in [3.63, 3.8) is 0 Å². The standard InChI is InChI=1S/C16H10Cl6N3/c1-2-10-7-24(15-11(19)3-8(17)4-12(15)20)23-25(10)16-13(21)5-9(18)6-14(16)22/h2-6,10H,1,7H2/q+1/t10-/m1/s1. The highest BCUT2D eigenvalue weighted by Crippen LogP contribution is 2.42. The van der Waals surface area contributed by atoms with Gasteiger partial charge in [-0.15, -0.1) is 9.71 Å². The molecule has 0 aliphatic carbocycles. The van der Waals surface area contributed by atoms with Crippen molar-refractivity contribution in [2.45, 2.75) is 6.04 Å². The Kier molecular flexibility index (Phi) is 5.74. The van der Waals surface area contributed by atoms with E-state index in [9.17, 15) is 0 Å². The van der Waals surface area contributed by atoms with Crippen molar-refractivity contribution in [2.24, 2.45) is 5.22 Å². The Balaban J connectivity index is 2.12. The number of benzene rings is 2. The second-order valence-corrected chi connectivity index (χ2v) is 7.76. The van der Waals surface area contributed by atoms with Gasteiger partial charge >= 0.3 is 0 Å². The van der Waals surface area contributed by atoms with Crippen molar-refractivity contribution in [3.05, 3.63) is 67.1 Å². The molecule has 1 aliphatic rings. The van der Waals surface area contributed by atoms with Gasteiger partial charge in [-0.05, 0) is 30.3 Å². The molecule has 130 valence electrons. The van der Waals surface area contributed by atoms with Gasteiger partial charge in [-0.2, -0.15) is 0 Å². The van der Waals surface area contributed by atoms with Crippen LogP contribution in [0, 0.1) is 0 Å². The summed E-state index contributed by atoms with van der Waals surface area (Å²) in [7, 11) is 0. The van der Waals surface area contributed by atoms with Gasteiger partial charge in [-0.3, -0.25) is 0 Å². The molecule has 1 aliphatic heterocycles. The van der Waals surface area contributed by atoms with E-state index < -0.39 is 0 Å². The molecule has 9 heteroatoms. The molecule has 0 radical (unpaired) electrons. The van der Waals surface area contributed by atoms with Crippen LogP contribution in [0.2, 0.25) is 30.1 Å². The van der Waals surface area contributed by atoms with Gasteiger partial charge in [0.1, 0.15) is 0 Å². The summed E-state index contributed by atoms with van der Waals surface area (Å²) in [6, 6.07) is 6.22. The smallest absolute Gasteiger partial charge is 0.126 e. The van der Waals surface area contributed by atoms with Gasteiger partial charge in [0.05, 0.1) is 25.3 Å². The Bertz CT molecular complexity index is 849. The molecule has 0 spiro atoms. The summed E-state index contributed by atoms with van der Waals surface area (Å²) < 4.78 is 1.66. The minimum atomic E-state index is -0.195. The Morgan fingerprint density at radius 3 is 1.88 bits per heavy atom. The minimum Gasteiger partial charge on any atom is -0.126 e. The highest BCUT2D eigenvalue weighted by molar-refractivity contribution is 6.42. The Morgan fingerprint density at radius 2 is 1.40 bits per heavy atom. The van der Waals surface area contributed by atoms with Crippen LogP contribution in [0.5, 0.6) is 0 Å². The monoisotopic (exact) mass is 454 g/mol. The van der Waals surface area contributed by atoms with E-state index in [0.717, 1.165) is 0 Å². The topological polar surface area (TPSA) is 18.6 Å². The normalized spacial score (nSPS) is 17.0. The first-order valence-corrected chi connectivity index (χ1v) is 9.28. The van der Waals surface area contributed by atoms with E-state index in [1.54, 1.807) is 40.0 Å². The van der Waals surface area contributed by atoms with Gasteiger partial charge in [-0.25, -0.2) is 0 Å². The predicted octanol–water partition coefficient (Wildman–Crippen LogP) is 7.69. The molecule has 0 N–H and O–H groups in total. The Hall–Kier alpha value is -0.680. The quantitative estimate of drug-likeness (QED) is 0.342. The van der Waals surface area contributed by atoms with Crippen molar-refractivity contribution in [2.75, 3.05) is 11.6 Å². The van der Waals surface area contributed by atoms with Gasteiger partial charge in [0.15, 0.2) is 24.0 Å². The lowest BCUT2D eigenvalue weighted by Gasteiger charge is -2.13. The third kappa shape index (κ3) is 3.73. The average molecular weight is 457 g/mol. The highest BCUT2D eigenvalue weighted by Gasteiger charge is 2.38. The second-order valence-electron chi connectivity index (χ2n) is 5.26. The number of rotatable bonds is 3. The molecular weight excluding hydrogens is 447 g/mol. The molecule has 2 aromatic carbocycles. The molecule has 25 heavy (non-hydrogen) atoms. The molecule has 0 aromatic heterocycles. The molecule has 1 atom stereocenters. The van der Waals surface area contributed by atoms with Crippen molar-refractivity contribution < 1.29 is 4.70 Å². The lowest BCUT2D eigenvalue weighted by atomic mass is 10.2. The maximum absolute atomic E-state index is 6.32. The lowest BCUT2D eigenvalue weighted by Crippen LogP contribution is -2.27. The maximum atomic E-state index is 6.32. The first-order valence-electron chi connectivity index (χ1n) is 7.01. The summed E-state index contributed by atoms with van der Waals surface area (Å²) in [5.74, 6) is 0. The van der Waals surface area contributed by atoms with Crippen LogP contribution < -0.4 is 5.01 Å². The van der Waals surface area contributed by atoms with Crippen LogP contribution in [0.3, 0.4) is 0 Å². The number of hydrogen-bond donors (Lipinski definition) is 0. The second kappa shape index (κ2) is 7.51. The first-order chi connectivity index (χ1) is 11.8. The molecule has 2 aromatic rings. The third-order valence-electron chi connectivity index (χ3n) is 3.60. The molecule has 1 heterocycles. The number of hydrogen-bond acceptors (Lipinski definition) is 2. The number of halogens is 6. The molecule has 0 unspecified atom stereocenters. The molecule has 0 saturated heterocycles. The van der Waals surface area contributed by atoms with E-state index in [2.05, 4.69) is 11.8 Å². The zero-order chi connectivity index (χ0) is 18.3. The van der Waals surface area contributed by atoms with Crippen LogP contribution in [0.25, 0.3) is 0 Å². The zero-order valence-electron chi connectivity index (χ0n) is 12.5. The van der Waals surface area contributed by atoms with Gasteiger partial charge in [-0.1, -0.05) is 76.2 Å². The van der Waals surface area contributed by atoms with Crippen LogP contribution in [0.1, 0.15) is 0 Å². The van der Waals surface area contributed by atoms with Crippen LogP contribution in [0.4, 0.5) is 11.4 Å². The van der Waals surface area contributed by atoms with Crippen molar-refractivity contribution in [1.82, 2.24) is 0 Å². The fourth-order valence-electron chi connectivity index (χ4n) is 2.53. The van der Waals surface area contributed by atoms with Crippen LogP contribution in [-0.2, 0) is 0 Å². The Labute approximate surface area is 174 Å². The van der Waals surface area contributed by atoms with Crippen molar-refractivity contribution in [1.29, 1.82) is 0 Å². The Morgan fingerprint density at radius 1 is 0.920 bits per heavy atom. The summed E-state index contributed by atoms with van der Waals surface area (Å²) in [5, 5.41) is 8.63. The molecule has 3 nitrogen and oxygen atoms in total. The first kappa shape index (κ1) is 19.1. The van der Waals surface area contributed by atoms with E-state index in [-0.39, 0.29) is 6.04 Å². The van der Waals surface area contributed by atoms with Gasteiger partial charge in [0.2, 0.25) is 0 Å². The molecule has 0 bridgehead atoms. The van der Waals surface area contributed by atoms with E-state index in [1.807, 2.05) is 0 Å². The lowest BCUT2D eigenvalue weighted by molar-refractivity contribution is -0.498. The van der Waals surface area contributed by atoms with Crippen LogP contribution in [0.15, 0.2) is 42.1 Å². The fourth-order valence-corrected chi connectivity index (χ4v) is 4.53. The minimum absolute atomic E-state index is 0.195. The number of nitrogens with zero attached hydrogens (tertiary/aromatic N) is 3. The summed E-state index contributed by atoms with van der Waals surface area (Å²) >= 11 is 37.2. The van der Waals surface area contributed by atoms with Gasteiger partial charge < -0.3 is 0 Å². The molecule has 0 fully saturated rings. The van der Waals surface area contributed by atoms with Crippen molar-refractivity contribution in [3.8, 4) is 0 Å². The largest absolute Gasteiger partial charge is 0.187 e. The van der Waals surface area contributed by atoms with Gasteiger partial charge in [0, 0.05) is 10.0 Å². The molecule has 0 saturated carbocycles. The maximum Gasteiger partial charge on any atom is 0.187 e. The van der Waals surface area contributed by atoms with Crippen LogP contribution >= 0.6 is 69.6 Å². The van der Waals surface area contributed by atoms with Crippen LogP contribution in [-0.4, -0.2) is 17.3 Å². The molecule has 3 rings (SSSR count). The SMILES string of the molecule is C=C[C@@H]1C[N+](c2c(Cl)cc(Cl)cc2Cl)=NN1c1c(Cl)cc(Cl)cc1Cl.